The number of amides is 2. The molecule has 0 aliphatic heterocycles. The van der Waals surface area contributed by atoms with Gasteiger partial charge < -0.3 is 26.4 Å². The molecule has 0 saturated heterocycles. The van der Waals surface area contributed by atoms with Crippen LogP contribution in [0.5, 0.6) is 0 Å². The Morgan fingerprint density at radius 1 is 0.727 bits per heavy atom. The number of rotatable bonds is 9. The highest BCUT2D eigenvalue weighted by Crippen LogP contribution is 2.29. The van der Waals surface area contributed by atoms with E-state index in [1.165, 1.54) is 7.14 Å². The average molecular weight is 949 g/mol. The molecule has 0 atom stereocenters. The molecule has 4 aromatic rings. The molecule has 0 heterocycles. The van der Waals surface area contributed by atoms with Gasteiger partial charge in [-0.15, -0.1) is 0 Å². The summed E-state index contributed by atoms with van der Waals surface area (Å²) in [6.07, 6.45) is 2.12. The molecule has 7 nitrogen and oxygen atoms in total. The second-order valence-corrected chi connectivity index (χ2v) is 14.4. The van der Waals surface area contributed by atoms with Crippen LogP contribution in [-0.2, 0) is 0 Å². The van der Waals surface area contributed by atoms with Crippen molar-refractivity contribution in [3.05, 3.63) is 111 Å². The average Bonchev–Trinajstić information content (AvgIpc) is 3.80. The molecular formula is C33H32ClI3N4O3. The summed E-state index contributed by atoms with van der Waals surface area (Å²) < 4.78 is 3.34. The number of hydrogen-bond acceptors (Lipinski definition) is 5. The third-order valence-corrected chi connectivity index (χ3v) is 8.93. The van der Waals surface area contributed by atoms with Crippen molar-refractivity contribution in [2.75, 3.05) is 23.8 Å². The van der Waals surface area contributed by atoms with E-state index in [4.69, 9.17) is 16.7 Å². The first kappa shape index (κ1) is 34.7. The Labute approximate surface area is 303 Å². The minimum Gasteiger partial charge on any atom is -0.395 e. The van der Waals surface area contributed by atoms with Crippen LogP contribution in [0.25, 0.3) is 0 Å². The maximum absolute atomic E-state index is 12.4. The molecule has 0 spiro atoms. The number of anilines is 4. The van der Waals surface area contributed by atoms with Crippen molar-refractivity contribution in [2.45, 2.75) is 32.7 Å². The van der Waals surface area contributed by atoms with Crippen LogP contribution in [-0.4, -0.2) is 36.1 Å². The second-order valence-electron chi connectivity index (χ2n) is 10.3. The molecule has 0 unspecified atom stereocenters. The Kier molecular flexibility index (Phi) is 13.0. The third-order valence-electron chi connectivity index (χ3n) is 6.68. The van der Waals surface area contributed by atoms with Gasteiger partial charge in [-0.1, -0.05) is 11.6 Å². The van der Waals surface area contributed by atoms with Gasteiger partial charge in [-0.3, -0.25) is 9.59 Å². The summed E-state index contributed by atoms with van der Waals surface area (Å²) in [4.78, 5) is 24.6. The van der Waals surface area contributed by atoms with Gasteiger partial charge in [0.25, 0.3) is 11.8 Å². The molecule has 5 rings (SSSR count). The van der Waals surface area contributed by atoms with E-state index in [1.54, 1.807) is 12.1 Å². The van der Waals surface area contributed by atoms with Gasteiger partial charge in [0.15, 0.2) is 0 Å². The standard InChI is InChI=1S/C17H16ClIN2O.C16H16I2N2O2/c1-10-8-12(19)3-7-15(10)21-16-6-2-11(18)9-14(16)17(22)20-13-4-5-13;1-10-8-11(17)2-4-14(10)20-15-5-3-12(18)9-13(15)16(22)19-6-7-21/h2-3,6-9,13,21H,4-5H2,1H3,(H,20,22);2-5,8-9,20-21H,6-7H2,1H3,(H,19,22). The first-order chi connectivity index (χ1) is 21.0. The highest BCUT2D eigenvalue weighted by atomic mass is 127. The zero-order valence-electron chi connectivity index (χ0n) is 24.1. The highest BCUT2D eigenvalue weighted by molar-refractivity contribution is 14.1. The van der Waals surface area contributed by atoms with Gasteiger partial charge in [0.1, 0.15) is 0 Å². The van der Waals surface area contributed by atoms with E-state index < -0.39 is 0 Å². The van der Waals surface area contributed by atoms with Crippen LogP contribution in [0.3, 0.4) is 0 Å². The fourth-order valence-corrected chi connectivity index (χ4v) is 6.16. The summed E-state index contributed by atoms with van der Waals surface area (Å²) in [5.74, 6) is -0.270. The van der Waals surface area contributed by atoms with Crippen molar-refractivity contribution in [2.24, 2.45) is 0 Å². The van der Waals surface area contributed by atoms with Gasteiger partial charge in [-0.05, 0) is 178 Å². The Morgan fingerprint density at radius 2 is 1.20 bits per heavy atom. The Balaban J connectivity index is 0.000000201. The molecule has 44 heavy (non-hydrogen) atoms. The molecule has 2 amide bonds. The fourth-order valence-electron chi connectivity index (χ4n) is 4.21. The van der Waals surface area contributed by atoms with E-state index in [9.17, 15) is 9.59 Å². The van der Waals surface area contributed by atoms with E-state index in [1.807, 2.05) is 62.4 Å². The Hall–Kier alpha value is -2.14. The number of halogens is 4. The lowest BCUT2D eigenvalue weighted by molar-refractivity contribution is 0.0940. The Morgan fingerprint density at radius 3 is 1.70 bits per heavy atom. The van der Waals surface area contributed by atoms with Gasteiger partial charge in [0, 0.05) is 39.7 Å². The molecule has 1 fully saturated rings. The highest BCUT2D eigenvalue weighted by Gasteiger charge is 2.25. The minimum absolute atomic E-state index is 0.0735. The zero-order chi connectivity index (χ0) is 31.8. The van der Waals surface area contributed by atoms with Crippen molar-refractivity contribution >= 4 is 114 Å². The predicted octanol–water partition coefficient (Wildman–Crippen LogP) is 8.56. The van der Waals surface area contributed by atoms with Crippen molar-refractivity contribution in [1.82, 2.24) is 10.6 Å². The minimum atomic E-state index is -0.196. The smallest absolute Gasteiger partial charge is 0.253 e. The van der Waals surface area contributed by atoms with E-state index in [-0.39, 0.29) is 25.0 Å². The summed E-state index contributed by atoms with van der Waals surface area (Å²) in [6, 6.07) is 23.6. The van der Waals surface area contributed by atoms with Gasteiger partial charge in [0.2, 0.25) is 0 Å². The number of carbonyl (C=O) groups excluding carboxylic acids is 2. The van der Waals surface area contributed by atoms with Crippen LogP contribution in [0, 0.1) is 24.6 Å². The third kappa shape index (κ3) is 10.2. The molecule has 11 heteroatoms. The first-order valence-electron chi connectivity index (χ1n) is 13.9. The second kappa shape index (κ2) is 16.4. The largest absolute Gasteiger partial charge is 0.395 e. The molecule has 230 valence electrons. The lowest BCUT2D eigenvalue weighted by Crippen LogP contribution is -2.27. The van der Waals surface area contributed by atoms with Crippen LogP contribution in [0.4, 0.5) is 22.7 Å². The van der Waals surface area contributed by atoms with Crippen molar-refractivity contribution in [3.8, 4) is 0 Å². The number of carbonyl (C=O) groups is 2. The number of aliphatic hydroxyl groups excluding tert-OH is 1. The van der Waals surface area contributed by atoms with Gasteiger partial charge >= 0.3 is 0 Å². The first-order valence-corrected chi connectivity index (χ1v) is 17.5. The lowest BCUT2D eigenvalue weighted by Gasteiger charge is -2.14. The summed E-state index contributed by atoms with van der Waals surface area (Å²) in [6.45, 7) is 4.24. The van der Waals surface area contributed by atoms with E-state index in [0.717, 1.165) is 50.3 Å². The Bertz CT molecular complexity index is 1660. The summed E-state index contributed by atoms with van der Waals surface area (Å²) >= 11 is 12.8. The number of nitrogens with one attached hydrogen (secondary N) is 4. The lowest BCUT2D eigenvalue weighted by atomic mass is 10.1. The van der Waals surface area contributed by atoms with Crippen LogP contribution in [0.2, 0.25) is 5.02 Å². The van der Waals surface area contributed by atoms with Crippen LogP contribution in [0.1, 0.15) is 44.7 Å². The molecule has 0 aromatic heterocycles. The van der Waals surface area contributed by atoms with E-state index >= 15 is 0 Å². The quantitative estimate of drug-likeness (QED) is 0.108. The zero-order valence-corrected chi connectivity index (χ0v) is 31.3. The maximum atomic E-state index is 12.4. The normalized spacial score (nSPS) is 12.1. The summed E-state index contributed by atoms with van der Waals surface area (Å²) in [5.41, 5.74) is 6.88. The molecule has 1 aliphatic rings. The van der Waals surface area contributed by atoms with Crippen LogP contribution < -0.4 is 21.3 Å². The number of aliphatic hydroxyl groups is 1. The van der Waals surface area contributed by atoms with Gasteiger partial charge in [-0.25, -0.2) is 0 Å². The van der Waals surface area contributed by atoms with Gasteiger partial charge in [-0.2, -0.15) is 0 Å². The monoisotopic (exact) mass is 948 g/mol. The number of hydrogen-bond donors (Lipinski definition) is 5. The summed E-state index contributed by atoms with van der Waals surface area (Å²) in [5, 5.41) is 21.8. The molecule has 1 aliphatic carbocycles. The van der Waals surface area contributed by atoms with Crippen LogP contribution in [0.15, 0.2) is 72.8 Å². The molecule has 0 bridgehead atoms. The predicted molar refractivity (Wildman–Crippen MR) is 205 cm³/mol. The fraction of sp³-hybridized carbons (Fsp3) is 0.212. The number of benzene rings is 4. The molecular weight excluding hydrogens is 917 g/mol. The summed E-state index contributed by atoms with van der Waals surface area (Å²) in [7, 11) is 0. The topological polar surface area (TPSA) is 102 Å². The van der Waals surface area contributed by atoms with Gasteiger partial charge in [0.05, 0.1) is 29.1 Å². The molecule has 5 N–H and O–H groups in total. The van der Waals surface area contributed by atoms with Crippen molar-refractivity contribution < 1.29 is 14.7 Å². The van der Waals surface area contributed by atoms with Crippen molar-refractivity contribution in [1.29, 1.82) is 0 Å². The molecule has 4 aromatic carbocycles. The SMILES string of the molecule is Cc1cc(I)ccc1Nc1ccc(Cl)cc1C(=O)NC1CC1.Cc1cc(I)ccc1Nc1ccc(I)cc1C(=O)NCCO. The number of aryl methyl sites for hydroxylation is 2. The maximum Gasteiger partial charge on any atom is 0.253 e. The van der Waals surface area contributed by atoms with E-state index in [2.05, 4.69) is 101 Å². The van der Waals surface area contributed by atoms with Crippen molar-refractivity contribution in [3.63, 3.8) is 0 Å². The van der Waals surface area contributed by atoms with E-state index in [0.29, 0.717) is 22.2 Å². The molecule has 0 radical (unpaired) electrons. The van der Waals surface area contributed by atoms with Crippen LogP contribution >= 0.6 is 79.4 Å². The molecule has 1 saturated carbocycles.